The van der Waals surface area contributed by atoms with Gasteiger partial charge in [-0.05, 0) is 53.6 Å². The van der Waals surface area contributed by atoms with Crippen LogP contribution in [0.4, 0.5) is 13.2 Å². The number of carbonyl (C=O) groups is 1. The molecule has 0 aliphatic heterocycles. The van der Waals surface area contributed by atoms with Crippen molar-refractivity contribution < 1.29 is 18.0 Å². The SMILES string of the molecule is C=C(NCC[C@@H](Cc1ccc(C(F)(F)F)cc1)c1ccccc1)[C@@H](C)c1cccc(C(=O)c2ccccc2)c1. The maximum Gasteiger partial charge on any atom is 0.416 e. The summed E-state index contributed by atoms with van der Waals surface area (Å²) in [5.74, 6) is 0.0983. The molecule has 4 rings (SSSR count). The Balaban J connectivity index is 1.39. The van der Waals surface area contributed by atoms with Crippen molar-refractivity contribution in [1.29, 1.82) is 0 Å². The first-order chi connectivity index (χ1) is 18.7. The molecule has 200 valence electrons. The van der Waals surface area contributed by atoms with Crippen LogP contribution < -0.4 is 5.32 Å². The molecule has 0 aliphatic carbocycles. The van der Waals surface area contributed by atoms with Crippen LogP contribution in [0.1, 0.15) is 63.4 Å². The summed E-state index contributed by atoms with van der Waals surface area (Å²) in [7, 11) is 0. The minimum absolute atomic E-state index is 0.0152. The summed E-state index contributed by atoms with van der Waals surface area (Å²) in [6.45, 7) is 6.96. The van der Waals surface area contributed by atoms with Crippen molar-refractivity contribution in [2.45, 2.75) is 37.8 Å². The van der Waals surface area contributed by atoms with Gasteiger partial charge in [-0.3, -0.25) is 4.79 Å². The number of hydrogen-bond acceptors (Lipinski definition) is 2. The maximum absolute atomic E-state index is 13.0. The van der Waals surface area contributed by atoms with E-state index in [1.165, 1.54) is 0 Å². The number of hydrogen-bond donors (Lipinski definition) is 1. The first-order valence-electron chi connectivity index (χ1n) is 13.1. The van der Waals surface area contributed by atoms with Gasteiger partial charge >= 0.3 is 6.18 Å². The predicted molar refractivity (Wildman–Crippen MR) is 151 cm³/mol. The summed E-state index contributed by atoms with van der Waals surface area (Å²) in [5.41, 5.74) is 4.51. The lowest BCUT2D eigenvalue weighted by molar-refractivity contribution is -0.137. The lowest BCUT2D eigenvalue weighted by Crippen LogP contribution is -2.21. The number of alkyl halides is 3. The fourth-order valence-electron chi connectivity index (χ4n) is 4.69. The van der Waals surface area contributed by atoms with Crippen molar-refractivity contribution in [3.8, 4) is 0 Å². The van der Waals surface area contributed by atoms with E-state index in [4.69, 9.17) is 0 Å². The van der Waals surface area contributed by atoms with Crippen LogP contribution in [-0.2, 0) is 12.6 Å². The van der Waals surface area contributed by atoms with Gasteiger partial charge in [0.1, 0.15) is 0 Å². The van der Waals surface area contributed by atoms with Gasteiger partial charge < -0.3 is 5.32 Å². The Bertz CT molecular complexity index is 1380. The van der Waals surface area contributed by atoms with Gasteiger partial charge in [-0.1, -0.05) is 104 Å². The molecule has 4 aromatic rings. The molecular formula is C34H32F3NO. The van der Waals surface area contributed by atoms with E-state index in [1.807, 2.05) is 72.8 Å². The molecule has 0 radical (unpaired) electrons. The van der Waals surface area contributed by atoms with Crippen LogP contribution in [0, 0.1) is 0 Å². The summed E-state index contributed by atoms with van der Waals surface area (Å²) < 4.78 is 38.9. The van der Waals surface area contributed by atoms with Gasteiger partial charge in [0.15, 0.2) is 5.78 Å². The highest BCUT2D eigenvalue weighted by Crippen LogP contribution is 2.31. The highest BCUT2D eigenvalue weighted by atomic mass is 19.4. The number of rotatable bonds is 11. The third-order valence-corrected chi connectivity index (χ3v) is 7.09. The van der Waals surface area contributed by atoms with E-state index in [0.717, 1.165) is 40.9 Å². The van der Waals surface area contributed by atoms with Crippen LogP contribution in [0.5, 0.6) is 0 Å². The number of halogens is 3. The molecule has 0 fully saturated rings. The van der Waals surface area contributed by atoms with Gasteiger partial charge in [-0.25, -0.2) is 0 Å². The molecule has 4 aromatic carbocycles. The molecule has 0 heterocycles. The van der Waals surface area contributed by atoms with E-state index >= 15 is 0 Å². The molecular weight excluding hydrogens is 495 g/mol. The Morgan fingerprint density at radius 3 is 2.03 bits per heavy atom. The van der Waals surface area contributed by atoms with Crippen LogP contribution in [0.2, 0.25) is 0 Å². The lowest BCUT2D eigenvalue weighted by Gasteiger charge is -2.22. The summed E-state index contributed by atoms with van der Waals surface area (Å²) in [5, 5.41) is 3.45. The highest BCUT2D eigenvalue weighted by molar-refractivity contribution is 6.09. The van der Waals surface area contributed by atoms with E-state index < -0.39 is 11.7 Å². The normalized spacial score (nSPS) is 12.9. The van der Waals surface area contributed by atoms with Crippen molar-refractivity contribution in [2.24, 2.45) is 0 Å². The minimum Gasteiger partial charge on any atom is -0.388 e. The summed E-state index contributed by atoms with van der Waals surface area (Å²) in [4.78, 5) is 12.9. The van der Waals surface area contributed by atoms with Crippen molar-refractivity contribution >= 4 is 5.78 Å². The molecule has 0 amide bonds. The van der Waals surface area contributed by atoms with Gasteiger partial charge in [0.2, 0.25) is 0 Å². The molecule has 0 saturated heterocycles. The Kier molecular flexibility index (Phi) is 9.03. The molecule has 2 atom stereocenters. The third kappa shape index (κ3) is 7.47. The van der Waals surface area contributed by atoms with Gasteiger partial charge in [-0.15, -0.1) is 0 Å². The van der Waals surface area contributed by atoms with E-state index in [-0.39, 0.29) is 17.6 Å². The number of carbonyl (C=O) groups excluding carboxylic acids is 1. The van der Waals surface area contributed by atoms with Crippen molar-refractivity contribution in [3.05, 3.63) is 155 Å². The second-order valence-electron chi connectivity index (χ2n) is 9.79. The Morgan fingerprint density at radius 2 is 1.38 bits per heavy atom. The second kappa shape index (κ2) is 12.6. The molecule has 0 spiro atoms. The summed E-state index contributed by atoms with van der Waals surface area (Å²) in [6, 6.07) is 32.3. The van der Waals surface area contributed by atoms with E-state index in [1.54, 1.807) is 12.1 Å². The Morgan fingerprint density at radius 1 is 0.795 bits per heavy atom. The second-order valence-corrected chi connectivity index (χ2v) is 9.79. The Labute approximate surface area is 228 Å². The molecule has 0 saturated carbocycles. The van der Waals surface area contributed by atoms with Crippen LogP contribution >= 0.6 is 0 Å². The van der Waals surface area contributed by atoms with Gasteiger partial charge in [-0.2, -0.15) is 13.2 Å². The van der Waals surface area contributed by atoms with Crippen molar-refractivity contribution in [2.75, 3.05) is 6.54 Å². The monoisotopic (exact) mass is 527 g/mol. The number of nitrogens with one attached hydrogen (secondary N) is 1. The highest BCUT2D eigenvalue weighted by Gasteiger charge is 2.30. The topological polar surface area (TPSA) is 29.1 Å². The third-order valence-electron chi connectivity index (χ3n) is 7.09. The minimum atomic E-state index is -4.34. The molecule has 0 aromatic heterocycles. The first kappa shape index (κ1) is 27.9. The molecule has 5 heteroatoms. The summed E-state index contributed by atoms with van der Waals surface area (Å²) in [6.07, 6.45) is -2.93. The lowest BCUT2D eigenvalue weighted by atomic mass is 9.88. The van der Waals surface area contributed by atoms with Crippen LogP contribution in [0.25, 0.3) is 0 Å². The smallest absolute Gasteiger partial charge is 0.388 e. The average Bonchev–Trinajstić information content (AvgIpc) is 2.96. The van der Waals surface area contributed by atoms with E-state index in [0.29, 0.717) is 24.1 Å². The summed E-state index contributed by atoms with van der Waals surface area (Å²) >= 11 is 0. The molecule has 1 N–H and O–H groups in total. The zero-order chi connectivity index (χ0) is 27.8. The van der Waals surface area contributed by atoms with Gasteiger partial charge in [0.25, 0.3) is 0 Å². The predicted octanol–water partition coefficient (Wildman–Crippen LogP) is 8.56. The fourth-order valence-corrected chi connectivity index (χ4v) is 4.69. The van der Waals surface area contributed by atoms with Gasteiger partial charge in [0, 0.05) is 29.3 Å². The molecule has 39 heavy (non-hydrogen) atoms. The van der Waals surface area contributed by atoms with Gasteiger partial charge in [0.05, 0.1) is 5.56 Å². The fraction of sp³-hybridized carbons (Fsp3) is 0.206. The van der Waals surface area contributed by atoms with E-state index in [9.17, 15) is 18.0 Å². The Hall–Kier alpha value is -4.12. The van der Waals surface area contributed by atoms with Crippen molar-refractivity contribution in [3.63, 3.8) is 0 Å². The molecule has 2 nitrogen and oxygen atoms in total. The number of allylic oxidation sites excluding steroid dienone is 1. The zero-order valence-corrected chi connectivity index (χ0v) is 21.9. The number of ketones is 1. The van der Waals surface area contributed by atoms with Crippen molar-refractivity contribution in [1.82, 2.24) is 5.32 Å². The quantitative estimate of drug-likeness (QED) is 0.198. The maximum atomic E-state index is 13.0. The van der Waals surface area contributed by atoms with Crippen LogP contribution in [0.3, 0.4) is 0 Å². The van der Waals surface area contributed by atoms with E-state index in [2.05, 4.69) is 31.0 Å². The average molecular weight is 528 g/mol. The molecule has 0 bridgehead atoms. The zero-order valence-electron chi connectivity index (χ0n) is 21.9. The molecule has 0 unspecified atom stereocenters. The molecule has 0 aliphatic rings. The van der Waals surface area contributed by atoms with Crippen LogP contribution in [-0.4, -0.2) is 12.3 Å². The first-order valence-corrected chi connectivity index (χ1v) is 13.1. The largest absolute Gasteiger partial charge is 0.416 e. The number of benzene rings is 4. The standard InChI is InChI=1S/C34H32F3NO/c1-24(29-14-9-15-31(23-29)33(39)28-12-7-4-8-13-28)25(2)38-21-20-30(27-10-5-3-6-11-27)22-26-16-18-32(19-17-26)34(35,36)37/h3-19,23-24,30,38H,2,20-22H2,1H3/t24-,30+/m1/s1. The van der Waals surface area contributed by atoms with Crippen LogP contribution in [0.15, 0.2) is 121 Å².